The van der Waals surface area contributed by atoms with Crippen LogP contribution in [0.1, 0.15) is 0 Å². The average molecular weight is 330 g/mol. The number of fused-ring (bicyclic) bond motifs is 1. The highest BCUT2D eigenvalue weighted by atomic mass is 79.9. The van der Waals surface area contributed by atoms with E-state index in [1.165, 1.54) is 6.07 Å². The summed E-state index contributed by atoms with van der Waals surface area (Å²) in [6, 6.07) is 1.31. The van der Waals surface area contributed by atoms with Crippen molar-refractivity contribution in [3.05, 3.63) is 26.9 Å². The van der Waals surface area contributed by atoms with E-state index in [0.717, 1.165) is 17.0 Å². The number of hydrogen-bond donors (Lipinski definition) is 2. The second kappa shape index (κ2) is 4.39. The summed E-state index contributed by atoms with van der Waals surface area (Å²) in [7, 11) is 0. The summed E-state index contributed by atoms with van der Waals surface area (Å²) < 4.78 is 1.90. The topological polar surface area (TPSA) is 96.4 Å². The molecule has 3 rings (SSSR count). The highest BCUT2D eigenvalue weighted by Gasteiger charge is 2.27. The molecule has 0 bridgehead atoms. The van der Waals surface area contributed by atoms with E-state index < -0.39 is 11.2 Å². The van der Waals surface area contributed by atoms with Gasteiger partial charge in [-0.15, -0.1) is 10.2 Å². The Morgan fingerprint density at radius 1 is 1.44 bits per heavy atom. The molecule has 0 saturated heterocycles. The molecule has 7 nitrogen and oxygen atoms in total. The average Bonchev–Trinajstić information content (AvgIpc) is 2.85. The third kappa shape index (κ3) is 1.93. The van der Waals surface area contributed by atoms with Crippen molar-refractivity contribution in [1.29, 1.82) is 0 Å². The predicted octanol–water partition coefficient (Wildman–Crippen LogP) is 0.191. The molecule has 18 heavy (non-hydrogen) atoms. The molecule has 94 valence electrons. The molecule has 1 aliphatic rings. The number of H-pyrrole nitrogens is 2. The molecule has 3 heterocycles. The fourth-order valence-electron chi connectivity index (χ4n) is 1.80. The lowest BCUT2D eigenvalue weighted by Gasteiger charge is -2.04. The first kappa shape index (κ1) is 11.7. The second-order valence-electron chi connectivity index (χ2n) is 3.81. The summed E-state index contributed by atoms with van der Waals surface area (Å²) in [5.74, 6) is 0.518. The molecule has 0 spiro atoms. The molecule has 0 aromatic carbocycles. The molecule has 0 amide bonds. The Balaban J connectivity index is 2.09. The van der Waals surface area contributed by atoms with Gasteiger partial charge in [0.05, 0.1) is 5.69 Å². The fraction of sp³-hybridized carbons (Fsp3) is 0.333. The summed E-state index contributed by atoms with van der Waals surface area (Å²) in [6.45, 7) is 0.752. The molecule has 1 aliphatic heterocycles. The number of aromatic nitrogens is 5. The molecule has 0 aliphatic carbocycles. The number of nitrogens with one attached hydrogen (secondary N) is 2. The number of nitrogens with zero attached hydrogens (tertiary/aromatic N) is 3. The van der Waals surface area contributed by atoms with Crippen molar-refractivity contribution >= 4 is 27.7 Å². The van der Waals surface area contributed by atoms with Gasteiger partial charge in [0.2, 0.25) is 0 Å². The van der Waals surface area contributed by atoms with E-state index in [4.69, 9.17) is 0 Å². The minimum atomic E-state index is -0.544. The Morgan fingerprint density at radius 2 is 2.28 bits per heavy atom. The van der Waals surface area contributed by atoms with Gasteiger partial charge in [0, 0.05) is 23.2 Å². The summed E-state index contributed by atoms with van der Waals surface area (Å²) in [6.07, 6.45) is 0. The quantitative estimate of drug-likeness (QED) is 0.767. The Kier molecular flexibility index (Phi) is 2.86. The van der Waals surface area contributed by atoms with Crippen LogP contribution in [0.25, 0.3) is 11.5 Å². The first-order valence-electron chi connectivity index (χ1n) is 5.17. The van der Waals surface area contributed by atoms with Gasteiger partial charge in [-0.1, -0.05) is 27.7 Å². The van der Waals surface area contributed by atoms with Crippen LogP contribution in [0.4, 0.5) is 0 Å². The molecular formula is C9H8BrN5O2S. The number of thioether (sulfide) groups is 1. The molecule has 0 fully saturated rings. The van der Waals surface area contributed by atoms with E-state index in [2.05, 4.69) is 36.1 Å². The third-order valence-corrected chi connectivity index (χ3v) is 4.92. The minimum Gasteiger partial charge on any atom is -0.304 e. The van der Waals surface area contributed by atoms with Crippen LogP contribution >= 0.6 is 27.7 Å². The molecule has 1 unspecified atom stereocenters. The number of aromatic amines is 2. The van der Waals surface area contributed by atoms with Gasteiger partial charge in [-0.25, -0.2) is 4.79 Å². The highest BCUT2D eigenvalue weighted by Crippen LogP contribution is 2.34. The molecule has 0 saturated carbocycles. The van der Waals surface area contributed by atoms with Crippen LogP contribution in [0.2, 0.25) is 0 Å². The SMILES string of the molecule is O=c1cc(-c2nnc3n2CC(CBr)S3)[nH]c(=O)[nH]1. The minimum absolute atomic E-state index is 0.387. The van der Waals surface area contributed by atoms with Crippen LogP contribution in [0.5, 0.6) is 0 Å². The zero-order valence-corrected chi connectivity index (χ0v) is 11.4. The third-order valence-electron chi connectivity index (χ3n) is 2.55. The summed E-state index contributed by atoms with van der Waals surface area (Å²) in [5, 5.41) is 10.1. The molecule has 9 heteroatoms. The lowest BCUT2D eigenvalue weighted by molar-refractivity contribution is 0.677. The number of hydrogen-bond acceptors (Lipinski definition) is 5. The van der Waals surface area contributed by atoms with Gasteiger partial charge in [-0.05, 0) is 0 Å². The summed E-state index contributed by atoms with van der Waals surface area (Å²) in [5.41, 5.74) is -0.607. The van der Waals surface area contributed by atoms with Crippen LogP contribution in [0.3, 0.4) is 0 Å². The van der Waals surface area contributed by atoms with Gasteiger partial charge < -0.3 is 4.98 Å². The van der Waals surface area contributed by atoms with E-state index in [9.17, 15) is 9.59 Å². The largest absolute Gasteiger partial charge is 0.326 e. The van der Waals surface area contributed by atoms with Crippen LogP contribution in [0.15, 0.2) is 20.8 Å². The van der Waals surface area contributed by atoms with Gasteiger partial charge in [0.25, 0.3) is 5.56 Å². The maximum Gasteiger partial charge on any atom is 0.326 e. The first-order chi connectivity index (χ1) is 8.67. The smallest absolute Gasteiger partial charge is 0.304 e. The van der Waals surface area contributed by atoms with Crippen LogP contribution in [0, 0.1) is 0 Å². The predicted molar refractivity (Wildman–Crippen MR) is 70.1 cm³/mol. The zero-order valence-electron chi connectivity index (χ0n) is 9.01. The van der Waals surface area contributed by atoms with E-state index in [1.54, 1.807) is 11.8 Å². The molecular weight excluding hydrogens is 322 g/mol. The van der Waals surface area contributed by atoms with Crippen molar-refractivity contribution in [2.45, 2.75) is 17.0 Å². The van der Waals surface area contributed by atoms with Gasteiger partial charge >= 0.3 is 5.69 Å². The zero-order chi connectivity index (χ0) is 12.7. The van der Waals surface area contributed by atoms with Crippen molar-refractivity contribution in [3.8, 4) is 11.5 Å². The fourth-order valence-corrected chi connectivity index (χ4v) is 3.36. The normalized spacial score (nSPS) is 17.9. The van der Waals surface area contributed by atoms with Crippen LogP contribution < -0.4 is 11.2 Å². The lowest BCUT2D eigenvalue weighted by atomic mass is 10.3. The van der Waals surface area contributed by atoms with Gasteiger partial charge in [-0.3, -0.25) is 14.3 Å². The Labute approximate surface area is 113 Å². The van der Waals surface area contributed by atoms with Gasteiger partial charge in [0.1, 0.15) is 0 Å². The van der Waals surface area contributed by atoms with Gasteiger partial charge in [0.15, 0.2) is 11.0 Å². The van der Waals surface area contributed by atoms with Crippen molar-refractivity contribution < 1.29 is 0 Å². The highest BCUT2D eigenvalue weighted by molar-refractivity contribution is 9.09. The molecule has 2 N–H and O–H groups in total. The first-order valence-corrected chi connectivity index (χ1v) is 7.17. The van der Waals surface area contributed by atoms with Crippen molar-refractivity contribution in [2.24, 2.45) is 0 Å². The monoisotopic (exact) mass is 329 g/mol. The maximum absolute atomic E-state index is 11.3. The molecule has 2 aromatic heterocycles. The van der Waals surface area contributed by atoms with E-state index in [0.29, 0.717) is 16.8 Å². The van der Waals surface area contributed by atoms with E-state index in [-0.39, 0.29) is 0 Å². The Bertz CT molecular complexity index is 677. The summed E-state index contributed by atoms with van der Waals surface area (Å²) >= 11 is 5.05. The second-order valence-corrected chi connectivity index (χ2v) is 5.73. The van der Waals surface area contributed by atoms with Gasteiger partial charge in [-0.2, -0.15) is 0 Å². The van der Waals surface area contributed by atoms with E-state index >= 15 is 0 Å². The van der Waals surface area contributed by atoms with Crippen molar-refractivity contribution in [1.82, 2.24) is 24.7 Å². The van der Waals surface area contributed by atoms with Crippen LogP contribution in [-0.4, -0.2) is 35.3 Å². The Morgan fingerprint density at radius 3 is 3.00 bits per heavy atom. The van der Waals surface area contributed by atoms with Crippen molar-refractivity contribution in [3.63, 3.8) is 0 Å². The van der Waals surface area contributed by atoms with Crippen molar-refractivity contribution in [2.75, 3.05) is 5.33 Å². The number of halogens is 1. The molecule has 1 atom stereocenters. The van der Waals surface area contributed by atoms with E-state index in [1.807, 2.05) is 4.57 Å². The maximum atomic E-state index is 11.3. The lowest BCUT2D eigenvalue weighted by Crippen LogP contribution is -2.22. The standard InChI is InChI=1S/C9H8BrN5O2S/c10-2-4-3-15-7(13-14-9(15)18-4)5-1-6(16)12-8(17)11-5/h1,4H,2-3H2,(H2,11,12,16,17). The Hall–Kier alpha value is -1.35. The molecule has 0 radical (unpaired) electrons. The number of alkyl halides is 1. The number of rotatable bonds is 2. The van der Waals surface area contributed by atoms with Crippen LogP contribution in [-0.2, 0) is 6.54 Å². The molecule has 2 aromatic rings. The summed E-state index contributed by atoms with van der Waals surface area (Å²) in [4.78, 5) is 27.2.